The van der Waals surface area contributed by atoms with Gasteiger partial charge < -0.3 is 19.3 Å². The van der Waals surface area contributed by atoms with Crippen molar-refractivity contribution in [2.75, 3.05) is 27.9 Å². The summed E-state index contributed by atoms with van der Waals surface area (Å²) in [5.74, 6) is -0.139. The van der Waals surface area contributed by atoms with Gasteiger partial charge in [0, 0.05) is 33.2 Å². The van der Waals surface area contributed by atoms with Gasteiger partial charge in [0.1, 0.15) is 0 Å². The fourth-order valence-corrected chi connectivity index (χ4v) is 3.87. The monoisotopic (exact) mass is 396 g/mol. The first-order valence-electron chi connectivity index (χ1n) is 10.7. The molecule has 1 aliphatic carbocycles. The number of hydrogen-bond acceptors (Lipinski definition) is 5. The Kier molecular flexibility index (Phi) is 13.1. The summed E-state index contributed by atoms with van der Waals surface area (Å²) in [4.78, 5) is 11.1. The highest BCUT2D eigenvalue weighted by Gasteiger charge is 2.45. The lowest BCUT2D eigenvalue weighted by atomic mass is 9.86. The molecule has 0 aliphatic heterocycles. The van der Waals surface area contributed by atoms with E-state index >= 15 is 0 Å². The van der Waals surface area contributed by atoms with Gasteiger partial charge in [-0.25, -0.2) is 0 Å². The molecule has 0 aromatic carbocycles. The molecule has 0 aromatic heterocycles. The van der Waals surface area contributed by atoms with Crippen molar-refractivity contribution >= 4 is 5.97 Å². The quantitative estimate of drug-likeness (QED) is 0.249. The van der Waals surface area contributed by atoms with Crippen LogP contribution in [0.4, 0.5) is 0 Å². The number of methoxy groups -OCH3 is 3. The number of allylic oxidation sites excluding steroid dienone is 2. The highest BCUT2D eigenvalue weighted by atomic mass is 16.5. The van der Waals surface area contributed by atoms with E-state index in [0.29, 0.717) is 12.8 Å². The van der Waals surface area contributed by atoms with Gasteiger partial charge in [-0.05, 0) is 51.4 Å². The number of hydrogen-bond donors (Lipinski definition) is 1. The number of unbranched alkanes of at least 4 members (excludes halogenated alkanes) is 5. The number of carbonyl (C=O) groups is 1. The van der Waals surface area contributed by atoms with Crippen molar-refractivity contribution < 1.29 is 24.1 Å². The Morgan fingerprint density at radius 1 is 1.04 bits per heavy atom. The first kappa shape index (κ1) is 24.9. The van der Waals surface area contributed by atoms with E-state index in [2.05, 4.69) is 23.0 Å². The summed E-state index contributed by atoms with van der Waals surface area (Å²) < 4.78 is 15.3. The van der Waals surface area contributed by atoms with Crippen molar-refractivity contribution in [3.63, 3.8) is 0 Å². The topological polar surface area (TPSA) is 65.0 Å². The lowest BCUT2D eigenvalue weighted by molar-refractivity contribution is -0.140. The van der Waals surface area contributed by atoms with Crippen LogP contribution in [0.5, 0.6) is 0 Å². The van der Waals surface area contributed by atoms with Crippen LogP contribution in [0.15, 0.2) is 24.3 Å². The molecule has 0 amide bonds. The van der Waals surface area contributed by atoms with Crippen LogP contribution >= 0.6 is 0 Å². The smallest absolute Gasteiger partial charge is 0.305 e. The van der Waals surface area contributed by atoms with Crippen molar-refractivity contribution in [1.29, 1.82) is 0 Å². The third kappa shape index (κ3) is 9.35. The van der Waals surface area contributed by atoms with Crippen molar-refractivity contribution in [2.24, 2.45) is 5.92 Å². The van der Waals surface area contributed by atoms with E-state index in [1.807, 2.05) is 6.08 Å². The lowest BCUT2D eigenvalue weighted by Gasteiger charge is -2.29. The zero-order valence-corrected chi connectivity index (χ0v) is 18.0. The van der Waals surface area contributed by atoms with Gasteiger partial charge in [-0.1, -0.05) is 37.1 Å². The minimum atomic E-state index is -0.742. The summed E-state index contributed by atoms with van der Waals surface area (Å²) in [5, 5.41) is 11.2. The van der Waals surface area contributed by atoms with E-state index in [9.17, 15) is 9.90 Å². The summed E-state index contributed by atoms with van der Waals surface area (Å²) in [7, 11) is 4.89. The van der Waals surface area contributed by atoms with Crippen LogP contribution in [0.3, 0.4) is 0 Å². The molecule has 5 heteroatoms. The largest absolute Gasteiger partial charge is 0.469 e. The number of carbonyl (C=O) groups excluding carboxylic acids is 1. The van der Waals surface area contributed by atoms with Crippen LogP contribution in [0.1, 0.15) is 70.6 Å². The van der Waals surface area contributed by atoms with Crippen molar-refractivity contribution in [2.45, 2.75) is 82.3 Å². The van der Waals surface area contributed by atoms with Gasteiger partial charge in [0.05, 0.1) is 18.8 Å². The maximum absolute atomic E-state index is 11.2. The molecule has 0 radical (unpaired) electrons. The molecule has 1 unspecified atom stereocenters. The lowest BCUT2D eigenvalue weighted by Crippen LogP contribution is -2.35. The zero-order valence-electron chi connectivity index (χ0n) is 18.0. The third-order valence-corrected chi connectivity index (χ3v) is 5.62. The first-order chi connectivity index (χ1) is 13.6. The predicted molar refractivity (Wildman–Crippen MR) is 112 cm³/mol. The molecule has 1 saturated carbocycles. The second-order valence-corrected chi connectivity index (χ2v) is 7.71. The molecule has 0 bridgehead atoms. The summed E-state index contributed by atoms with van der Waals surface area (Å²) in [6.45, 7) is 0.844. The maximum Gasteiger partial charge on any atom is 0.305 e. The molecule has 0 spiro atoms. The molecule has 3 atom stereocenters. The average Bonchev–Trinajstić information content (AvgIpc) is 3.02. The number of ether oxygens (including phenoxy) is 3. The summed E-state index contributed by atoms with van der Waals surface area (Å²) in [6.07, 6.45) is 18.6. The van der Waals surface area contributed by atoms with Crippen LogP contribution in [0, 0.1) is 5.92 Å². The van der Waals surface area contributed by atoms with Gasteiger partial charge in [0.2, 0.25) is 0 Å². The minimum Gasteiger partial charge on any atom is -0.469 e. The normalized spacial score (nSPS) is 25.1. The molecule has 1 aliphatic rings. The Morgan fingerprint density at radius 2 is 1.79 bits per heavy atom. The minimum absolute atomic E-state index is 0.0331. The Hall–Kier alpha value is -1.17. The van der Waals surface area contributed by atoms with Gasteiger partial charge in [-0.2, -0.15) is 0 Å². The molecular weight excluding hydrogens is 356 g/mol. The molecule has 0 heterocycles. The number of rotatable bonds is 15. The molecule has 1 rings (SSSR count). The average molecular weight is 397 g/mol. The van der Waals surface area contributed by atoms with Crippen LogP contribution in [0.25, 0.3) is 0 Å². The van der Waals surface area contributed by atoms with E-state index in [1.54, 1.807) is 14.2 Å². The summed E-state index contributed by atoms with van der Waals surface area (Å²) >= 11 is 0. The number of aliphatic hydroxyl groups is 1. The van der Waals surface area contributed by atoms with Crippen LogP contribution in [-0.2, 0) is 19.0 Å². The molecule has 0 aromatic rings. The molecule has 0 saturated heterocycles. The second-order valence-electron chi connectivity index (χ2n) is 7.71. The van der Waals surface area contributed by atoms with Crippen LogP contribution < -0.4 is 0 Å². The third-order valence-electron chi connectivity index (χ3n) is 5.62. The molecular formula is C23H40O5. The van der Waals surface area contributed by atoms with Gasteiger partial charge in [-0.15, -0.1) is 0 Å². The van der Waals surface area contributed by atoms with E-state index in [-0.39, 0.29) is 18.0 Å². The Bertz CT molecular complexity index is 474. The molecule has 28 heavy (non-hydrogen) atoms. The standard InChI is InChI=1S/C23H40O5/c1-26-19-13-9-5-4-6-10-14-20-21(27-2)16-18-23(20,25)17-12-8-7-11-15-22(24)28-3/h8,10,12,14,20-21,25H,4-7,9,11,13,15-19H2,1-3H3/t20-,21+,23?/m1/s1. The van der Waals surface area contributed by atoms with E-state index < -0.39 is 5.60 Å². The van der Waals surface area contributed by atoms with Gasteiger partial charge in [-0.3, -0.25) is 4.79 Å². The molecule has 1 N–H and O–H groups in total. The van der Waals surface area contributed by atoms with E-state index in [0.717, 1.165) is 45.1 Å². The van der Waals surface area contributed by atoms with Gasteiger partial charge in [0.15, 0.2) is 0 Å². The van der Waals surface area contributed by atoms with E-state index in [1.165, 1.54) is 26.4 Å². The second kappa shape index (κ2) is 14.8. The fraction of sp³-hybridized carbons (Fsp3) is 0.783. The summed E-state index contributed by atoms with van der Waals surface area (Å²) in [5.41, 5.74) is -0.742. The Labute approximate surface area is 171 Å². The highest BCUT2D eigenvalue weighted by Crippen LogP contribution is 2.41. The van der Waals surface area contributed by atoms with E-state index in [4.69, 9.17) is 9.47 Å². The van der Waals surface area contributed by atoms with Crippen LogP contribution in [0.2, 0.25) is 0 Å². The molecule has 5 nitrogen and oxygen atoms in total. The van der Waals surface area contributed by atoms with Crippen molar-refractivity contribution in [3.8, 4) is 0 Å². The zero-order chi connectivity index (χ0) is 20.7. The predicted octanol–water partition coefficient (Wildman–Crippen LogP) is 4.59. The van der Waals surface area contributed by atoms with Crippen molar-refractivity contribution in [3.05, 3.63) is 24.3 Å². The summed E-state index contributed by atoms with van der Waals surface area (Å²) in [6, 6.07) is 0. The van der Waals surface area contributed by atoms with Gasteiger partial charge in [0.25, 0.3) is 0 Å². The Balaban J connectivity index is 2.40. The molecule has 1 fully saturated rings. The Morgan fingerprint density at radius 3 is 2.50 bits per heavy atom. The molecule has 162 valence electrons. The first-order valence-corrected chi connectivity index (χ1v) is 10.7. The van der Waals surface area contributed by atoms with Crippen molar-refractivity contribution in [1.82, 2.24) is 0 Å². The van der Waals surface area contributed by atoms with Gasteiger partial charge >= 0.3 is 5.97 Å². The fourth-order valence-electron chi connectivity index (χ4n) is 3.87. The maximum atomic E-state index is 11.2. The SMILES string of the molecule is COCCCCCCC=C[C@@H]1[C@@H](OC)CCC1(O)CC=CCCCC(=O)OC. The van der Waals surface area contributed by atoms with Crippen LogP contribution in [-0.4, -0.2) is 50.7 Å². The highest BCUT2D eigenvalue weighted by molar-refractivity contribution is 5.69. The number of esters is 1.